The van der Waals surface area contributed by atoms with Crippen molar-refractivity contribution in [3.8, 4) is 0 Å². The predicted molar refractivity (Wildman–Crippen MR) is 85.9 cm³/mol. The number of halogens is 1. The molecule has 0 unspecified atom stereocenters. The Morgan fingerprint density at radius 3 is 2.71 bits per heavy atom. The number of aromatic nitrogens is 1. The highest BCUT2D eigenvalue weighted by Crippen LogP contribution is 2.31. The van der Waals surface area contributed by atoms with E-state index in [2.05, 4.69) is 4.98 Å². The van der Waals surface area contributed by atoms with Crippen LogP contribution < -0.4 is 0 Å². The molecule has 1 amide bonds. The molecule has 0 saturated carbocycles. The molecule has 0 spiro atoms. The highest BCUT2D eigenvalue weighted by molar-refractivity contribution is 7.86. The SMILES string of the molecule is CN(C)S(=O)(=O)N1C[C@@H]2CC[C@H](C1)N(C(=O)c1ccncc1F)C2. The summed E-state index contributed by atoms with van der Waals surface area (Å²) in [5.41, 5.74) is -0.0143. The fourth-order valence-corrected chi connectivity index (χ4v) is 4.63. The first-order valence-electron chi connectivity index (χ1n) is 7.88. The molecular weight excluding hydrogens is 335 g/mol. The number of piperidine rings is 1. The van der Waals surface area contributed by atoms with E-state index in [1.165, 1.54) is 35.0 Å². The maximum absolute atomic E-state index is 13.9. The van der Waals surface area contributed by atoms with Gasteiger partial charge in [0, 0.05) is 46.0 Å². The standard InChI is InChI=1S/C15H21FN4O3S/c1-18(2)24(22,23)19-8-11-3-4-12(10-19)20(9-11)15(21)13-5-6-17-7-14(13)16/h5-7,11-12H,3-4,8-10H2,1-2H3/t11-,12+/m0/s1. The van der Waals surface area contributed by atoms with Crippen LogP contribution in [0, 0.1) is 11.7 Å². The number of hydrogen-bond acceptors (Lipinski definition) is 4. The van der Waals surface area contributed by atoms with E-state index in [1.54, 1.807) is 4.90 Å². The van der Waals surface area contributed by atoms with Crippen molar-refractivity contribution in [3.63, 3.8) is 0 Å². The lowest BCUT2D eigenvalue weighted by Crippen LogP contribution is -2.48. The van der Waals surface area contributed by atoms with Gasteiger partial charge in [-0.25, -0.2) is 4.39 Å². The lowest BCUT2D eigenvalue weighted by molar-refractivity contribution is 0.0583. The number of hydrogen-bond donors (Lipinski definition) is 0. The second-order valence-corrected chi connectivity index (χ2v) is 8.66. The quantitative estimate of drug-likeness (QED) is 0.793. The van der Waals surface area contributed by atoms with Crippen molar-refractivity contribution in [1.29, 1.82) is 0 Å². The van der Waals surface area contributed by atoms with Gasteiger partial charge in [0.25, 0.3) is 16.1 Å². The molecule has 0 radical (unpaired) electrons. The largest absolute Gasteiger partial charge is 0.334 e. The van der Waals surface area contributed by atoms with Crippen LogP contribution in [-0.2, 0) is 10.2 Å². The van der Waals surface area contributed by atoms with Crippen LogP contribution in [0.15, 0.2) is 18.5 Å². The number of rotatable bonds is 3. The van der Waals surface area contributed by atoms with Gasteiger partial charge in [0.1, 0.15) is 0 Å². The molecule has 132 valence electrons. The summed E-state index contributed by atoms with van der Waals surface area (Å²) in [5.74, 6) is -0.985. The van der Waals surface area contributed by atoms with Gasteiger partial charge in [-0.15, -0.1) is 0 Å². The minimum Gasteiger partial charge on any atom is -0.334 e. The number of amides is 1. The third kappa shape index (κ3) is 3.03. The van der Waals surface area contributed by atoms with E-state index in [0.29, 0.717) is 13.1 Å². The summed E-state index contributed by atoms with van der Waals surface area (Å²) < 4.78 is 41.4. The van der Waals surface area contributed by atoms with Crippen molar-refractivity contribution in [1.82, 2.24) is 18.5 Å². The summed E-state index contributed by atoms with van der Waals surface area (Å²) in [6.07, 6.45) is 4.00. The molecule has 7 nitrogen and oxygen atoms in total. The highest BCUT2D eigenvalue weighted by Gasteiger charge is 2.41. The molecule has 24 heavy (non-hydrogen) atoms. The van der Waals surface area contributed by atoms with Gasteiger partial charge < -0.3 is 4.90 Å². The molecule has 1 aromatic heterocycles. The summed E-state index contributed by atoms with van der Waals surface area (Å²) in [7, 11) is -0.532. The van der Waals surface area contributed by atoms with E-state index < -0.39 is 21.9 Å². The second kappa shape index (κ2) is 6.38. The van der Waals surface area contributed by atoms with Crippen LogP contribution in [0.2, 0.25) is 0 Å². The van der Waals surface area contributed by atoms with Crippen LogP contribution in [0.25, 0.3) is 0 Å². The fourth-order valence-electron chi connectivity index (χ4n) is 3.41. The van der Waals surface area contributed by atoms with E-state index >= 15 is 0 Å². The summed E-state index contributed by atoms with van der Waals surface area (Å²) in [6.45, 7) is 1.08. The van der Waals surface area contributed by atoms with Gasteiger partial charge in [-0.05, 0) is 24.8 Å². The fraction of sp³-hybridized carbons (Fsp3) is 0.600. The summed E-state index contributed by atoms with van der Waals surface area (Å²) >= 11 is 0. The zero-order valence-corrected chi connectivity index (χ0v) is 14.5. The van der Waals surface area contributed by atoms with Crippen LogP contribution >= 0.6 is 0 Å². The third-order valence-electron chi connectivity index (χ3n) is 4.73. The first kappa shape index (κ1) is 17.2. The van der Waals surface area contributed by atoms with Crippen LogP contribution in [-0.4, -0.2) is 72.6 Å². The zero-order chi connectivity index (χ0) is 17.5. The van der Waals surface area contributed by atoms with Crippen LogP contribution in [0.3, 0.4) is 0 Å². The monoisotopic (exact) mass is 356 g/mol. The smallest absolute Gasteiger partial charge is 0.281 e. The van der Waals surface area contributed by atoms with Crippen molar-refractivity contribution >= 4 is 16.1 Å². The Balaban J connectivity index is 1.87. The third-order valence-corrected chi connectivity index (χ3v) is 6.61. The molecule has 2 atom stereocenters. The van der Waals surface area contributed by atoms with E-state index in [-0.39, 0.29) is 24.1 Å². The molecule has 1 aromatic rings. The van der Waals surface area contributed by atoms with E-state index in [4.69, 9.17) is 0 Å². The van der Waals surface area contributed by atoms with Crippen LogP contribution in [0.1, 0.15) is 23.2 Å². The molecule has 9 heteroatoms. The average molecular weight is 356 g/mol. The van der Waals surface area contributed by atoms with Gasteiger partial charge in [0.2, 0.25) is 0 Å². The Labute approximate surface area is 141 Å². The van der Waals surface area contributed by atoms with Crippen LogP contribution in [0.4, 0.5) is 4.39 Å². The Hall–Kier alpha value is -1.58. The van der Waals surface area contributed by atoms with Gasteiger partial charge in [-0.2, -0.15) is 17.0 Å². The molecule has 3 saturated heterocycles. The number of pyridine rings is 1. The Morgan fingerprint density at radius 2 is 2.04 bits per heavy atom. The number of fused-ring (bicyclic) bond motifs is 4. The molecule has 3 aliphatic heterocycles. The molecule has 0 N–H and O–H groups in total. The predicted octanol–water partition coefficient (Wildman–Crippen LogP) is 0.564. The number of carbonyl (C=O) groups excluding carboxylic acids is 1. The normalized spacial score (nSPS) is 25.1. The molecule has 4 rings (SSSR count). The molecule has 4 heterocycles. The van der Waals surface area contributed by atoms with Crippen molar-refractivity contribution in [2.45, 2.75) is 18.9 Å². The highest BCUT2D eigenvalue weighted by atomic mass is 32.2. The van der Waals surface area contributed by atoms with Crippen molar-refractivity contribution < 1.29 is 17.6 Å². The summed E-state index contributed by atoms with van der Waals surface area (Å²) in [4.78, 5) is 18.0. The van der Waals surface area contributed by atoms with Gasteiger partial charge in [0.15, 0.2) is 5.82 Å². The minimum absolute atomic E-state index is 0.0143. The molecule has 0 aliphatic carbocycles. The lowest BCUT2D eigenvalue weighted by Gasteiger charge is -2.36. The average Bonchev–Trinajstić information content (AvgIpc) is 2.87. The van der Waals surface area contributed by atoms with E-state index in [0.717, 1.165) is 19.0 Å². The Bertz CT molecular complexity index is 740. The lowest BCUT2D eigenvalue weighted by atomic mass is 9.94. The molecule has 2 bridgehead atoms. The second-order valence-electron chi connectivity index (χ2n) is 6.52. The molecule has 0 aromatic carbocycles. The first-order chi connectivity index (χ1) is 11.3. The van der Waals surface area contributed by atoms with Gasteiger partial charge in [0.05, 0.1) is 11.8 Å². The van der Waals surface area contributed by atoms with Crippen molar-refractivity contribution in [2.75, 3.05) is 33.7 Å². The van der Waals surface area contributed by atoms with Crippen molar-refractivity contribution in [3.05, 3.63) is 29.8 Å². The summed E-state index contributed by atoms with van der Waals surface area (Å²) in [5, 5.41) is 0. The van der Waals surface area contributed by atoms with E-state index in [9.17, 15) is 17.6 Å². The Kier molecular flexibility index (Phi) is 4.58. The van der Waals surface area contributed by atoms with Gasteiger partial charge in [-0.3, -0.25) is 9.78 Å². The minimum atomic E-state index is -3.53. The number of nitrogens with zero attached hydrogens (tertiary/aromatic N) is 4. The van der Waals surface area contributed by atoms with Gasteiger partial charge >= 0.3 is 0 Å². The van der Waals surface area contributed by atoms with Gasteiger partial charge in [-0.1, -0.05) is 0 Å². The summed E-state index contributed by atoms with van der Waals surface area (Å²) in [6, 6.07) is 1.13. The molecule has 3 fully saturated rings. The topological polar surface area (TPSA) is 73.8 Å². The number of carbonyl (C=O) groups is 1. The molecular formula is C15H21FN4O3S. The Morgan fingerprint density at radius 1 is 1.29 bits per heavy atom. The van der Waals surface area contributed by atoms with E-state index in [1.807, 2.05) is 0 Å². The van der Waals surface area contributed by atoms with Crippen molar-refractivity contribution in [2.24, 2.45) is 5.92 Å². The maximum atomic E-state index is 13.9. The zero-order valence-electron chi connectivity index (χ0n) is 13.7. The maximum Gasteiger partial charge on any atom is 0.281 e. The van der Waals surface area contributed by atoms with Crippen LogP contribution in [0.5, 0.6) is 0 Å². The molecule has 3 aliphatic rings. The first-order valence-corrected chi connectivity index (χ1v) is 9.28.